The average Bonchev–Trinajstić information content (AvgIpc) is 2.55. The maximum atomic E-state index is 12.4. The lowest BCUT2D eigenvalue weighted by molar-refractivity contribution is 0.102. The quantitative estimate of drug-likeness (QED) is 0.801. The summed E-state index contributed by atoms with van der Waals surface area (Å²) in [5.74, 6) is -0.214. The van der Waals surface area contributed by atoms with Crippen LogP contribution in [0, 0.1) is 11.3 Å². The minimum absolute atomic E-state index is 0.214. The summed E-state index contributed by atoms with van der Waals surface area (Å²) in [4.78, 5) is 16.7. The fourth-order valence-electron chi connectivity index (χ4n) is 2.33. The topological polar surface area (TPSA) is 65.8 Å². The second-order valence-electron chi connectivity index (χ2n) is 4.86. The maximum Gasteiger partial charge on any atom is 0.255 e. The molecule has 0 bridgehead atoms. The van der Waals surface area contributed by atoms with Crippen molar-refractivity contribution in [3.8, 4) is 6.07 Å². The van der Waals surface area contributed by atoms with E-state index in [0.29, 0.717) is 11.3 Å². The molecule has 3 aromatic rings. The van der Waals surface area contributed by atoms with Gasteiger partial charge in [0, 0.05) is 22.8 Å². The summed E-state index contributed by atoms with van der Waals surface area (Å²) in [5.41, 5.74) is 2.84. The molecular formula is C18H13N3O. The van der Waals surface area contributed by atoms with Crippen molar-refractivity contribution in [2.75, 3.05) is 5.32 Å². The third kappa shape index (κ3) is 2.79. The Kier molecular flexibility index (Phi) is 3.80. The number of fused-ring (bicyclic) bond motifs is 1. The molecule has 0 saturated heterocycles. The first-order valence-corrected chi connectivity index (χ1v) is 6.89. The van der Waals surface area contributed by atoms with E-state index in [1.807, 2.05) is 36.4 Å². The number of hydrogen-bond acceptors (Lipinski definition) is 3. The summed E-state index contributed by atoms with van der Waals surface area (Å²) in [7, 11) is 0. The van der Waals surface area contributed by atoms with Crippen LogP contribution in [0.3, 0.4) is 0 Å². The van der Waals surface area contributed by atoms with Crippen molar-refractivity contribution in [3.05, 3.63) is 71.9 Å². The normalized spacial score (nSPS) is 10.1. The Morgan fingerprint density at radius 3 is 2.86 bits per heavy atom. The van der Waals surface area contributed by atoms with E-state index in [4.69, 9.17) is 5.26 Å². The lowest BCUT2D eigenvalue weighted by Crippen LogP contribution is -2.14. The number of benzene rings is 2. The van der Waals surface area contributed by atoms with Gasteiger partial charge in [0.15, 0.2) is 0 Å². The SMILES string of the molecule is N#CCc1ccccc1C(=O)Nc1ccc2ncccc2c1. The number of carbonyl (C=O) groups excluding carboxylic acids is 1. The van der Waals surface area contributed by atoms with Crippen molar-refractivity contribution in [2.45, 2.75) is 6.42 Å². The predicted octanol–water partition coefficient (Wildman–Crippen LogP) is 3.55. The van der Waals surface area contributed by atoms with Gasteiger partial charge in [-0.25, -0.2) is 0 Å². The number of pyridine rings is 1. The molecule has 22 heavy (non-hydrogen) atoms. The van der Waals surface area contributed by atoms with Crippen molar-refractivity contribution in [3.63, 3.8) is 0 Å². The largest absolute Gasteiger partial charge is 0.322 e. The van der Waals surface area contributed by atoms with Gasteiger partial charge in [0.1, 0.15) is 0 Å². The highest BCUT2D eigenvalue weighted by Crippen LogP contribution is 2.18. The van der Waals surface area contributed by atoms with Crippen LogP contribution in [0.1, 0.15) is 15.9 Å². The summed E-state index contributed by atoms with van der Waals surface area (Å²) in [6.07, 6.45) is 1.95. The summed E-state index contributed by atoms with van der Waals surface area (Å²) >= 11 is 0. The monoisotopic (exact) mass is 287 g/mol. The van der Waals surface area contributed by atoms with Gasteiger partial charge >= 0.3 is 0 Å². The minimum Gasteiger partial charge on any atom is -0.322 e. The van der Waals surface area contributed by atoms with Crippen LogP contribution in [0.4, 0.5) is 5.69 Å². The highest BCUT2D eigenvalue weighted by atomic mass is 16.1. The van der Waals surface area contributed by atoms with E-state index in [2.05, 4.69) is 16.4 Å². The standard InChI is InChI=1S/C18H13N3O/c19-10-9-13-4-1-2-6-16(13)18(22)21-15-7-8-17-14(12-15)5-3-11-20-17/h1-8,11-12H,9H2,(H,21,22). The van der Waals surface area contributed by atoms with Crippen molar-refractivity contribution in [1.29, 1.82) is 5.26 Å². The second-order valence-corrected chi connectivity index (χ2v) is 4.86. The van der Waals surface area contributed by atoms with E-state index in [9.17, 15) is 4.79 Å². The van der Waals surface area contributed by atoms with E-state index < -0.39 is 0 Å². The zero-order valence-electron chi connectivity index (χ0n) is 11.8. The van der Waals surface area contributed by atoms with E-state index in [1.54, 1.807) is 24.4 Å². The molecule has 2 aromatic carbocycles. The Bertz CT molecular complexity index is 881. The van der Waals surface area contributed by atoms with E-state index in [-0.39, 0.29) is 12.3 Å². The number of nitriles is 1. The van der Waals surface area contributed by atoms with Gasteiger partial charge in [0.05, 0.1) is 18.0 Å². The van der Waals surface area contributed by atoms with Crippen LogP contribution in [0.15, 0.2) is 60.8 Å². The van der Waals surface area contributed by atoms with Crippen LogP contribution >= 0.6 is 0 Å². The van der Waals surface area contributed by atoms with E-state index >= 15 is 0 Å². The zero-order valence-corrected chi connectivity index (χ0v) is 11.8. The van der Waals surface area contributed by atoms with E-state index in [0.717, 1.165) is 16.5 Å². The molecule has 106 valence electrons. The number of nitrogens with zero attached hydrogens (tertiary/aromatic N) is 2. The molecule has 0 aliphatic rings. The van der Waals surface area contributed by atoms with Gasteiger partial charge < -0.3 is 5.32 Å². The molecule has 0 atom stereocenters. The van der Waals surface area contributed by atoms with Crippen molar-refractivity contribution < 1.29 is 4.79 Å². The Morgan fingerprint density at radius 2 is 2.00 bits per heavy atom. The number of nitrogens with one attached hydrogen (secondary N) is 1. The van der Waals surface area contributed by atoms with Crippen molar-refractivity contribution >= 4 is 22.5 Å². The van der Waals surface area contributed by atoms with Crippen molar-refractivity contribution in [2.24, 2.45) is 0 Å². The lowest BCUT2D eigenvalue weighted by Gasteiger charge is -2.09. The van der Waals surface area contributed by atoms with E-state index in [1.165, 1.54) is 0 Å². The number of rotatable bonds is 3. The van der Waals surface area contributed by atoms with Gasteiger partial charge in [-0.1, -0.05) is 24.3 Å². The van der Waals surface area contributed by atoms with Crippen LogP contribution in [0.25, 0.3) is 10.9 Å². The number of amides is 1. The fourth-order valence-corrected chi connectivity index (χ4v) is 2.33. The third-order valence-corrected chi connectivity index (χ3v) is 3.39. The van der Waals surface area contributed by atoms with Crippen LogP contribution in [-0.2, 0) is 6.42 Å². The Balaban J connectivity index is 1.88. The zero-order chi connectivity index (χ0) is 15.4. The van der Waals surface area contributed by atoms with Crippen LogP contribution in [0.2, 0.25) is 0 Å². The molecular weight excluding hydrogens is 274 g/mol. The predicted molar refractivity (Wildman–Crippen MR) is 85.5 cm³/mol. The third-order valence-electron chi connectivity index (χ3n) is 3.39. The molecule has 0 unspecified atom stereocenters. The molecule has 0 spiro atoms. The average molecular weight is 287 g/mol. The van der Waals surface area contributed by atoms with Gasteiger partial charge in [-0.3, -0.25) is 9.78 Å². The maximum absolute atomic E-state index is 12.4. The molecule has 1 N–H and O–H groups in total. The number of carbonyl (C=O) groups is 1. The first-order valence-electron chi connectivity index (χ1n) is 6.89. The molecule has 3 rings (SSSR count). The molecule has 1 amide bonds. The Morgan fingerprint density at radius 1 is 1.14 bits per heavy atom. The molecule has 0 fully saturated rings. The van der Waals surface area contributed by atoms with Gasteiger partial charge in [-0.05, 0) is 35.9 Å². The summed E-state index contributed by atoms with van der Waals surface area (Å²) < 4.78 is 0. The summed E-state index contributed by atoms with van der Waals surface area (Å²) in [5, 5.41) is 12.7. The number of hydrogen-bond donors (Lipinski definition) is 1. The molecule has 4 heteroatoms. The van der Waals surface area contributed by atoms with Crippen molar-refractivity contribution in [1.82, 2.24) is 4.98 Å². The summed E-state index contributed by atoms with van der Waals surface area (Å²) in [6, 6.07) is 18.6. The van der Waals surface area contributed by atoms with Crippen LogP contribution < -0.4 is 5.32 Å². The van der Waals surface area contributed by atoms with Crippen LogP contribution in [0.5, 0.6) is 0 Å². The molecule has 4 nitrogen and oxygen atoms in total. The van der Waals surface area contributed by atoms with Gasteiger partial charge in [-0.2, -0.15) is 5.26 Å². The molecule has 1 heterocycles. The first-order chi connectivity index (χ1) is 10.8. The first kappa shape index (κ1) is 13.8. The highest BCUT2D eigenvalue weighted by molar-refractivity contribution is 6.06. The number of aromatic nitrogens is 1. The fraction of sp³-hybridized carbons (Fsp3) is 0.0556. The molecule has 0 saturated carbocycles. The molecule has 0 radical (unpaired) electrons. The second kappa shape index (κ2) is 6.06. The van der Waals surface area contributed by atoms with Gasteiger partial charge in [0.2, 0.25) is 0 Å². The molecule has 0 aliphatic heterocycles. The van der Waals surface area contributed by atoms with Gasteiger partial charge in [-0.15, -0.1) is 0 Å². The molecule has 0 aliphatic carbocycles. The van der Waals surface area contributed by atoms with Crippen LogP contribution in [-0.4, -0.2) is 10.9 Å². The Labute approximate surface area is 128 Å². The number of anilines is 1. The lowest BCUT2D eigenvalue weighted by atomic mass is 10.0. The summed E-state index contributed by atoms with van der Waals surface area (Å²) in [6.45, 7) is 0. The highest BCUT2D eigenvalue weighted by Gasteiger charge is 2.11. The minimum atomic E-state index is -0.214. The molecule has 1 aromatic heterocycles. The van der Waals surface area contributed by atoms with Gasteiger partial charge in [0.25, 0.3) is 5.91 Å². The smallest absolute Gasteiger partial charge is 0.255 e. The Hall–Kier alpha value is -3.19.